The van der Waals surface area contributed by atoms with E-state index in [4.69, 9.17) is 5.73 Å². The number of hydrogen-bond acceptors (Lipinski definition) is 4. The van der Waals surface area contributed by atoms with Crippen LogP contribution in [0.15, 0.2) is 59.5 Å². The van der Waals surface area contributed by atoms with Crippen LogP contribution in [0.25, 0.3) is 0 Å². The van der Waals surface area contributed by atoms with E-state index in [0.29, 0.717) is 11.3 Å². The summed E-state index contributed by atoms with van der Waals surface area (Å²) in [7, 11) is -3.78. The van der Waals surface area contributed by atoms with Gasteiger partial charge in [-0.25, -0.2) is 8.42 Å². The second-order valence-corrected chi connectivity index (χ2v) is 5.68. The molecule has 0 heterocycles. The standard InChI is InChI=1S/C13H13N3O3S.ClH/c14-11-8-6-10(7-9-11)13(17)15-16-20(18,19)12-4-2-1-3-5-12;/h1-9,16H,14H2,(H,15,17);1H. The van der Waals surface area contributed by atoms with Gasteiger partial charge in [0.1, 0.15) is 0 Å². The molecule has 0 atom stereocenters. The molecule has 2 rings (SSSR count). The van der Waals surface area contributed by atoms with Gasteiger partial charge in [-0.1, -0.05) is 18.2 Å². The molecule has 0 spiro atoms. The molecule has 112 valence electrons. The first-order valence-electron chi connectivity index (χ1n) is 5.72. The van der Waals surface area contributed by atoms with Gasteiger partial charge in [0.2, 0.25) is 0 Å². The smallest absolute Gasteiger partial charge is 0.266 e. The number of amides is 1. The van der Waals surface area contributed by atoms with E-state index < -0.39 is 15.9 Å². The quantitative estimate of drug-likeness (QED) is 0.582. The number of rotatable bonds is 4. The third-order valence-corrected chi connectivity index (χ3v) is 3.79. The Balaban J connectivity index is 0.00000220. The van der Waals surface area contributed by atoms with Crippen molar-refractivity contribution in [2.45, 2.75) is 4.90 Å². The van der Waals surface area contributed by atoms with Gasteiger partial charge in [0, 0.05) is 11.3 Å². The molecule has 0 aliphatic carbocycles. The predicted molar refractivity (Wildman–Crippen MR) is 82.3 cm³/mol. The number of benzene rings is 2. The summed E-state index contributed by atoms with van der Waals surface area (Å²) in [5.41, 5.74) is 8.46. The lowest BCUT2D eigenvalue weighted by Crippen LogP contribution is -2.41. The summed E-state index contributed by atoms with van der Waals surface area (Å²) in [6.07, 6.45) is 0. The molecule has 2 aromatic rings. The summed E-state index contributed by atoms with van der Waals surface area (Å²) in [4.78, 5) is 13.9. The molecule has 4 N–H and O–H groups in total. The number of nitrogen functional groups attached to an aromatic ring is 1. The van der Waals surface area contributed by atoms with Crippen molar-refractivity contribution in [2.75, 3.05) is 5.73 Å². The van der Waals surface area contributed by atoms with E-state index in [9.17, 15) is 13.2 Å². The van der Waals surface area contributed by atoms with Crippen LogP contribution in [0.2, 0.25) is 0 Å². The molecule has 0 saturated carbocycles. The fraction of sp³-hybridized carbons (Fsp3) is 0. The highest BCUT2D eigenvalue weighted by molar-refractivity contribution is 7.89. The van der Waals surface area contributed by atoms with Gasteiger partial charge in [0.15, 0.2) is 0 Å². The average molecular weight is 328 g/mol. The molecule has 0 aromatic heterocycles. The van der Waals surface area contributed by atoms with E-state index in [1.807, 2.05) is 4.83 Å². The van der Waals surface area contributed by atoms with Crippen LogP contribution < -0.4 is 16.0 Å². The maximum absolute atomic E-state index is 11.9. The number of carbonyl (C=O) groups is 1. The summed E-state index contributed by atoms with van der Waals surface area (Å²) < 4.78 is 23.8. The summed E-state index contributed by atoms with van der Waals surface area (Å²) in [5, 5.41) is 0. The first-order valence-corrected chi connectivity index (χ1v) is 7.20. The largest absolute Gasteiger partial charge is 0.399 e. The number of carbonyl (C=O) groups excluding carboxylic acids is 1. The van der Waals surface area contributed by atoms with Crippen LogP contribution in [0.1, 0.15) is 10.4 Å². The first-order chi connectivity index (χ1) is 9.49. The van der Waals surface area contributed by atoms with Crippen LogP contribution in [-0.4, -0.2) is 14.3 Å². The van der Waals surface area contributed by atoms with Crippen LogP contribution >= 0.6 is 12.4 Å². The summed E-state index contributed by atoms with van der Waals surface area (Å²) >= 11 is 0. The van der Waals surface area contributed by atoms with Gasteiger partial charge in [0.05, 0.1) is 4.90 Å². The van der Waals surface area contributed by atoms with E-state index in [0.717, 1.165) is 0 Å². The lowest BCUT2D eigenvalue weighted by Gasteiger charge is -2.08. The van der Waals surface area contributed by atoms with Crippen LogP contribution in [0.5, 0.6) is 0 Å². The van der Waals surface area contributed by atoms with Crippen LogP contribution in [0, 0.1) is 0 Å². The number of nitrogens with two attached hydrogens (primary N) is 1. The van der Waals surface area contributed by atoms with Gasteiger partial charge in [0.25, 0.3) is 15.9 Å². The van der Waals surface area contributed by atoms with E-state index in [2.05, 4.69) is 5.43 Å². The maximum atomic E-state index is 11.9. The van der Waals surface area contributed by atoms with Gasteiger partial charge in [-0.2, -0.15) is 0 Å². The van der Waals surface area contributed by atoms with Crippen molar-refractivity contribution in [3.63, 3.8) is 0 Å². The lowest BCUT2D eigenvalue weighted by molar-refractivity contribution is 0.0945. The Hall–Kier alpha value is -2.09. The van der Waals surface area contributed by atoms with E-state index in [1.165, 1.54) is 24.3 Å². The minimum absolute atomic E-state index is 0. The van der Waals surface area contributed by atoms with E-state index in [1.54, 1.807) is 30.3 Å². The average Bonchev–Trinajstić information content (AvgIpc) is 2.46. The second-order valence-electron chi connectivity index (χ2n) is 3.99. The molecular formula is C13H14ClN3O3S. The Labute approximate surface area is 128 Å². The zero-order valence-corrected chi connectivity index (χ0v) is 12.4. The lowest BCUT2D eigenvalue weighted by atomic mass is 10.2. The summed E-state index contributed by atoms with van der Waals surface area (Å²) in [6, 6.07) is 13.9. The van der Waals surface area contributed by atoms with Crippen molar-refractivity contribution in [2.24, 2.45) is 0 Å². The van der Waals surface area contributed by atoms with Crippen molar-refractivity contribution >= 4 is 34.0 Å². The number of halogens is 1. The third kappa shape index (κ3) is 4.45. The number of sulfonamides is 1. The van der Waals surface area contributed by atoms with Gasteiger partial charge >= 0.3 is 0 Å². The molecule has 0 aliphatic heterocycles. The molecule has 1 amide bonds. The second kappa shape index (κ2) is 7.07. The Morgan fingerprint density at radius 2 is 1.52 bits per heavy atom. The number of nitrogens with one attached hydrogen (secondary N) is 2. The van der Waals surface area contributed by atoms with Crippen molar-refractivity contribution < 1.29 is 13.2 Å². The molecule has 0 fully saturated rings. The Morgan fingerprint density at radius 1 is 0.952 bits per heavy atom. The minimum Gasteiger partial charge on any atom is -0.399 e. The number of anilines is 1. The summed E-state index contributed by atoms with van der Waals surface area (Å²) in [6.45, 7) is 0. The SMILES string of the molecule is Cl.Nc1ccc(C(=O)NNS(=O)(=O)c2ccccc2)cc1. The van der Waals surface area contributed by atoms with Crippen molar-refractivity contribution in [3.05, 3.63) is 60.2 Å². The fourth-order valence-corrected chi connectivity index (χ4v) is 2.34. The highest BCUT2D eigenvalue weighted by atomic mass is 35.5. The van der Waals surface area contributed by atoms with Crippen LogP contribution in [-0.2, 0) is 10.0 Å². The Kier molecular flexibility index (Phi) is 5.71. The molecule has 6 nitrogen and oxygen atoms in total. The number of hydrogen-bond donors (Lipinski definition) is 3. The zero-order chi connectivity index (χ0) is 14.6. The predicted octanol–water partition coefficient (Wildman–Crippen LogP) is 1.31. The molecule has 0 saturated heterocycles. The van der Waals surface area contributed by atoms with Crippen LogP contribution in [0.3, 0.4) is 0 Å². The molecule has 0 radical (unpaired) electrons. The molecule has 0 aliphatic rings. The molecular weight excluding hydrogens is 314 g/mol. The van der Waals surface area contributed by atoms with Gasteiger partial charge in [-0.15, -0.1) is 17.2 Å². The zero-order valence-electron chi connectivity index (χ0n) is 10.8. The van der Waals surface area contributed by atoms with Gasteiger partial charge in [-0.05, 0) is 36.4 Å². The molecule has 21 heavy (non-hydrogen) atoms. The molecule has 0 bridgehead atoms. The van der Waals surface area contributed by atoms with Crippen LogP contribution in [0.4, 0.5) is 5.69 Å². The van der Waals surface area contributed by atoms with Gasteiger partial charge < -0.3 is 5.73 Å². The van der Waals surface area contributed by atoms with E-state index >= 15 is 0 Å². The number of hydrazine groups is 1. The Bertz CT molecular complexity index is 703. The van der Waals surface area contributed by atoms with Gasteiger partial charge in [-0.3, -0.25) is 10.2 Å². The van der Waals surface area contributed by atoms with E-state index in [-0.39, 0.29) is 17.3 Å². The molecule has 8 heteroatoms. The molecule has 2 aromatic carbocycles. The molecule has 0 unspecified atom stereocenters. The summed E-state index contributed by atoms with van der Waals surface area (Å²) in [5.74, 6) is -0.565. The minimum atomic E-state index is -3.78. The normalized spacial score (nSPS) is 10.5. The maximum Gasteiger partial charge on any atom is 0.266 e. The van der Waals surface area contributed by atoms with Crippen molar-refractivity contribution in [1.82, 2.24) is 10.3 Å². The van der Waals surface area contributed by atoms with Crippen molar-refractivity contribution in [3.8, 4) is 0 Å². The topological polar surface area (TPSA) is 101 Å². The monoisotopic (exact) mass is 327 g/mol. The fourth-order valence-electron chi connectivity index (χ4n) is 1.48. The Morgan fingerprint density at radius 3 is 2.10 bits per heavy atom. The highest BCUT2D eigenvalue weighted by Crippen LogP contribution is 2.07. The van der Waals surface area contributed by atoms with Crippen molar-refractivity contribution in [1.29, 1.82) is 0 Å². The first kappa shape index (κ1) is 17.0. The highest BCUT2D eigenvalue weighted by Gasteiger charge is 2.14. The third-order valence-electron chi connectivity index (χ3n) is 2.53.